The van der Waals surface area contributed by atoms with E-state index >= 15 is 0 Å². The van der Waals surface area contributed by atoms with Gasteiger partial charge in [0.2, 0.25) is 11.8 Å². The summed E-state index contributed by atoms with van der Waals surface area (Å²) in [6.07, 6.45) is 13.2. The fourth-order valence-electron chi connectivity index (χ4n) is 11.0. The molecule has 218 valence electrons. The molecule has 8 aliphatic carbocycles. The van der Waals surface area contributed by atoms with Crippen molar-refractivity contribution in [3.8, 4) is 11.4 Å². The van der Waals surface area contributed by atoms with E-state index < -0.39 is 0 Å². The maximum absolute atomic E-state index is 13.5. The molecule has 4 N–H and O–H groups in total. The van der Waals surface area contributed by atoms with Gasteiger partial charge < -0.3 is 20.7 Å². The van der Waals surface area contributed by atoms with E-state index in [0.29, 0.717) is 11.7 Å². The number of aliphatic hydroxyl groups is 1. The molecule has 8 heteroatoms. The van der Waals surface area contributed by atoms with Gasteiger partial charge in [-0.25, -0.2) is 9.97 Å². The summed E-state index contributed by atoms with van der Waals surface area (Å²) < 4.78 is 0. The van der Waals surface area contributed by atoms with Crippen LogP contribution in [-0.2, 0) is 9.59 Å². The number of hydrogen-bond donors (Lipinski definition) is 4. The van der Waals surface area contributed by atoms with Gasteiger partial charge in [-0.2, -0.15) is 0 Å². The van der Waals surface area contributed by atoms with Gasteiger partial charge in [-0.15, -0.1) is 0 Å². The third kappa shape index (κ3) is 3.90. The molecule has 1 aromatic carbocycles. The number of carbonyl (C=O) groups excluding carboxylic acids is 2. The maximum atomic E-state index is 13.5. The number of hydrogen-bond acceptors (Lipinski definition) is 5. The molecule has 2 aromatic heterocycles. The number of imidazole rings is 1. The van der Waals surface area contributed by atoms with Crippen LogP contribution in [0.25, 0.3) is 22.4 Å². The molecule has 2 heterocycles. The van der Waals surface area contributed by atoms with Crippen molar-refractivity contribution < 1.29 is 14.7 Å². The molecule has 5 atom stereocenters. The molecule has 0 radical (unpaired) electrons. The topological polar surface area (TPSA) is 120 Å². The summed E-state index contributed by atoms with van der Waals surface area (Å²) in [5, 5.41) is 16.9. The van der Waals surface area contributed by atoms with Gasteiger partial charge in [0.15, 0.2) is 0 Å². The van der Waals surface area contributed by atoms with E-state index in [1.54, 1.807) is 6.20 Å². The van der Waals surface area contributed by atoms with Crippen LogP contribution < -0.4 is 10.6 Å². The summed E-state index contributed by atoms with van der Waals surface area (Å²) in [7, 11) is 0. The minimum Gasteiger partial charge on any atom is -0.393 e. The Labute approximate surface area is 245 Å². The number of aromatic nitrogens is 3. The molecular weight excluding hydrogens is 526 g/mol. The van der Waals surface area contributed by atoms with Crippen LogP contribution in [0, 0.1) is 46.3 Å². The number of amides is 2. The van der Waals surface area contributed by atoms with E-state index in [1.165, 1.54) is 19.3 Å². The number of fused-ring (bicyclic) bond motifs is 1. The van der Waals surface area contributed by atoms with E-state index in [0.717, 1.165) is 97.2 Å². The van der Waals surface area contributed by atoms with Gasteiger partial charge in [-0.3, -0.25) is 9.59 Å². The molecule has 8 aliphatic rings. The molecule has 3 aromatic rings. The van der Waals surface area contributed by atoms with Crippen molar-refractivity contribution >= 4 is 34.4 Å². The molecule has 0 aliphatic heterocycles. The minimum absolute atomic E-state index is 0.0441. The van der Waals surface area contributed by atoms with Crippen LogP contribution in [0.5, 0.6) is 0 Å². The summed E-state index contributed by atoms with van der Waals surface area (Å²) in [6.45, 7) is 0. The quantitative estimate of drug-likeness (QED) is 0.307. The van der Waals surface area contributed by atoms with Gasteiger partial charge in [0, 0.05) is 17.3 Å². The monoisotopic (exact) mass is 565 g/mol. The number of pyridine rings is 1. The van der Waals surface area contributed by atoms with E-state index in [-0.39, 0.29) is 40.6 Å². The van der Waals surface area contributed by atoms with Crippen LogP contribution >= 0.6 is 0 Å². The summed E-state index contributed by atoms with van der Waals surface area (Å²) in [6, 6.07) is 9.75. The standard InChI is InChI=1S/C34H39N5O3/c40-29-23-8-21-9-24(29)16-34(14-21,15-23)32(42)39-28-10-26-27(17-35-28)38-30(37-26)22-1-3-25(4-2-22)36-31(41)33-11-18-5-19(12-33)7-20(6-18)13-33/h1-4,10,17-21,23-24,29,40H,5-9,11-16H2,(H,36,41)(H,37,38)(H,35,39,42)/t18?,19?,20?,21?,23-,24+,29?,33?,34?. The molecule has 8 bridgehead atoms. The Kier molecular flexibility index (Phi) is 5.34. The summed E-state index contributed by atoms with van der Waals surface area (Å²) in [5.41, 5.74) is 2.77. The average Bonchev–Trinajstić information content (AvgIpc) is 3.38. The Bertz CT molecular complexity index is 1540. The van der Waals surface area contributed by atoms with E-state index in [2.05, 4.69) is 20.6 Å². The van der Waals surface area contributed by atoms with Crippen LogP contribution in [-0.4, -0.2) is 38.0 Å². The highest BCUT2D eigenvalue weighted by Gasteiger charge is 2.58. The number of benzene rings is 1. The number of rotatable bonds is 5. The second kappa shape index (κ2) is 8.88. The first-order valence-corrected chi connectivity index (χ1v) is 16.1. The minimum atomic E-state index is -0.379. The van der Waals surface area contributed by atoms with Crippen molar-refractivity contribution in [2.75, 3.05) is 10.6 Å². The van der Waals surface area contributed by atoms with Crippen molar-refractivity contribution in [3.05, 3.63) is 36.5 Å². The fourth-order valence-corrected chi connectivity index (χ4v) is 11.0. The number of nitrogens with zero attached hydrogens (tertiary/aromatic N) is 2. The predicted octanol–water partition coefficient (Wildman–Crippen LogP) is 5.91. The van der Waals surface area contributed by atoms with Crippen molar-refractivity contribution in [3.63, 3.8) is 0 Å². The van der Waals surface area contributed by atoms with Crippen molar-refractivity contribution in [2.24, 2.45) is 46.3 Å². The Balaban J connectivity index is 0.894. The summed E-state index contributed by atoms with van der Waals surface area (Å²) in [5.74, 6) is 4.79. The first-order valence-electron chi connectivity index (χ1n) is 16.1. The highest BCUT2D eigenvalue weighted by Crippen LogP contribution is 2.61. The molecule has 2 amide bonds. The smallest absolute Gasteiger partial charge is 0.231 e. The lowest BCUT2D eigenvalue weighted by Crippen LogP contribution is -2.57. The van der Waals surface area contributed by atoms with E-state index in [9.17, 15) is 14.7 Å². The number of anilines is 2. The Hall–Kier alpha value is -3.26. The molecule has 8 saturated carbocycles. The molecule has 42 heavy (non-hydrogen) atoms. The van der Waals surface area contributed by atoms with E-state index in [1.807, 2.05) is 30.3 Å². The molecule has 8 fully saturated rings. The van der Waals surface area contributed by atoms with Gasteiger partial charge in [-0.1, -0.05) is 0 Å². The van der Waals surface area contributed by atoms with Crippen LogP contribution in [0.1, 0.15) is 70.6 Å². The van der Waals surface area contributed by atoms with Crippen LogP contribution in [0.4, 0.5) is 11.5 Å². The third-order valence-electron chi connectivity index (χ3n) is 12.3. The average molecular weight is 566 g/mol. The van der Waals surface area contributed by atoms with E-state index in [4.69, 9.17) is 4.98 Å². The van der Waals surface area contributed by atoms with Gasteiger partial charge in [0.25, 0.3) is 0 Å². The van der Waals surface area contributed by atoms with Crippen molar-refractivity contribution in [1.82, 2.24) is 15.0 Å². The highest BCUT2D eigenvalue weighted by molar-refractivity contribution is 5.97. The predicted molar refractivity (Wildman–Crippen MR) is 159 cm³/mol. The lowest BCUT2D eigenvalue weighted by Gasteiger charge is -2.57. The lowest BCUT2D eigenvalue weighted by molar-refractivity contribution is -0.158. The zero-order valence-corrected chi connectivity index (χ0v) is 23.9. The SMILES string of the molecule is O=C(Nc1ccc(-c2nc3cc(NC(=O)C45CC6C[C@H](C4)C(O)[C@@H](C6)C5)ncc3[nH]2)cc1)C12CC3CC(CC(C3)C1)C2. The third-order valence-corrected chi connectivity index (χ3v) is 12.3. The largest absolute Gasteiger partial charge is 0.393 e. The number of aliphatic hydroxyl groups excluding tert-OH is 1. The van der Waals surface area contributed by atoms with Gasteiger partial charge in [-0.05, 0) is 130 Å². The Morgan fingerprint density at radius 3 is 2.00 bits per heavy atom. The van der Waals surface area contributed by atoms with Crippen molar-refractivity contribution in [1.29, 1.82) is 0 Å². The van der Waals surface area contributed by atoms with Crippen LogP contribution in [0.15, 0.2) is 36.5 Å². The molecule has 0 spiro atoms. The Morgan fingerprint density at radius 1 is 0.786 bits per heavy atom. The first kappa shape index (κ1) is 25.3. The molecular formula is C34H39N5O3. The number of H-pyrrole nitrogens is 1. The van der Waals surface area contributed by atoms with Crippen LogP contribution in [0.3, 0.4) is 0 Å². The first-order chi connectivity index (χ1) is 20.3. The lowest BCUT2D eigenvalue weighted by atomic mass is 9.48. The molecule has 8 nitrogen and oxygen atoms in total. The van der Waals surface area contributed by atoms with Gasteiger partial charge >= 0.3 is 0 Å². The molecule has 11 rings (SSSR count). The summed E-state index contributed by atoms with van der Waals surface area (Å²) >= 11 is 0. The zero-order chi connectivity index (χ0) is 28.2. The van der Waals surface area contributed by atoms with Crippen molar-refractivity contribution in [2.45, 2.75) is 76.7 Å². The number of aromatic amines is 1. The maximum Gasteiger partial charge on any atom is 0.231 e. The van der Waals surface area contributed by atoms with Gasteiger partial charge in [0.1, 0.15) is 11.6 Å². The second-order valence-electron chi connectivity index (χ2n) is 15.1. The molecule has 0 saturated heterocycles. The Morgan fingerprint density at radius 2 is 1.36 bits per heavy atom. The second-order valence-corrected chi connectivity index (χ2v) is 15.1. The van der Waals surface area contributed by atoms with Gasteiger partial charge in [0.05, 0.1) is 34.2 Å². The fraction of sp³-hybridized carbons (Fsp3) is 0.588. The summed E-state index contributed by atoms with van der Waals surface area (Å²) in [4.78, 5) is 39.7. The van der Waals surface area contributed by atoms with Crippen LogP contribution in [0.2, 0.25) is 0 Å². The highest BCUT2D eigenvalue weighted by atomic mass is 16.3. The number of carbonyl (C=O) groups is 2. The number of nitrogens with one attached hydrogen (secondary N) is 3. The molecule has 3 unspecified atom stereocenters. The zero-order valence-electron chi connectivity index (χ0n) is 23.9. The normalized spacial score (nSPS) is 39.1.